The van der Waals surface area contributed by atoms with Gasteiger partial charge < -0.3 is 5.01 Å². The maximum absolute atomic E-state index is 6.02. The van der Waals surface area contributed by atoms with Gasteiger partial charge in [0.1, 0.15) is 5.15 Å². The van der Waals surface area contributed by atoms with E-state index in [4.69, 9.17) is 11.6 Å². The first-order valence-corrected chi connectivity index (χ1v) is 8.19. The highest BCUT2D eigenvalue weighted by Crippen LogP contribution is 2.35. The van der Waals surface area contributed by atoms with Gasteiger partial charge in [0.2, 0.25) is 0 Å². The fraction of sp³-hybridized carbons (Fsp3) is 0.167. The molecule has 1 atom stereocenters. The summed E-state index contributed by atoms with van der Waals surface area (Å²) in [6, 6.07) is 9.78. The molecule has 0 aromatic carbocycles. The number of pyridine rings is 3. The largest absolute Gasteiger partial charge is 0.315 e. The van der Waals surface area contributed by atoms with Gasteiger partial charge in [0.05, 0.1) is 17.1 Å². The van der Waals surface area contributed by atoms with Crippen LogP contribution in [0.4, 0.5) is 0 Å². The first-order valence-electron chi connectivity index (χ1n) is 7.81. The second-order valence-corrected chi connectivity index (χ2v) is 6.00. The molecule has 0 aliphatic carbocycles. The second kappa shape index (κ2) is 6.19. The number of aromatic nitrogens is 3. The zero-order valence-electron chi connectivity index (χ0n) is 13.1. The number of rotatable bonds is 3. The molecule has 120 valence electrons. The lowest BCUT2D eigenvalue weighted by atomic mass is 9.96. The molecule has 5 nitrogen and oxygen atoms in total. The Morgan fingerprint density at radius 2 is 2.00 bits per heavy atom. The molecule has 1 aliphatic rings. The topological polar surface area (TPSA) is 53.9 Å². The molecule has 0 amide bonds. The van der Waals surface area contributed by atoms with E-state index in [9.17, 15) is 0 Å². The van der Waals surface area contributed by atoms with E-state index in [0.717, 1.165) is 34.3 Å². The van der Waals surface area contributed by atoms with Crippen LogP contribution in [-0.4, -0.2) is 26.5 Å². The van der Waals surface area contributed by atoms with Gasteiger partial charge in [-0.1, -0.05) is 11.6 Å². The van der Waals surface area contributed by atoms with Gasteiger partial charge in [0.25, 0.3) is 0 Å². The summed E-state index contributed by atoms with van der Waals surface area (Å²) in [6.07, 6.45) is 7.63. The third-order valence-electron chi connectivity index (χ3n) is 4.12. The first-order chi connectivity index (χ1) is 11.7. The molecule has 0 spiro atoms. The number of hydrogen-bond acceptors (Lipinski definition) is 5. The molecule has 3 aromatic heterocycles. The Hall–Kier alpha value is -2.50. The van der Waals surface area contributed by atoms with Crippen molar-refractivity contribution in [3.63, 3.8) is 0 Å². The van der Waals surface area contributed by atoms with Crippen molar-refractivity contribution in [1.29, 1.82) is 0 Å². The SMILES string of the molecule is CCN1C=C(c2cnc3ccc(Cl)nc3c2)C(c2ccncc2)N1. The monoisotopic (exact) mass is 337 g/mol. The van der Waals surface area contributed by atoms with Crippen LogP contribution >= 0.6 is 11.6 Å². The van der Waals surface area contributed by atoms with Crippen molar-refractivity contribution < 1.29 is 0 Å². The van der Waals surface area contributed by atoms with Crippen LogP contribution < -0.4 is 5.43 Å². The van der Waals surface area contributed by atoms with Gasteiger partial charge in [0.15, 0.2) is 0 Å². The maximum atomic E-state index is 6.02. The molecular weight excluding hydrogens is 322 g/mol. The Morgan fingerprint density at radius 1 is 1.17 bits per heavy atom. The predicted molar refractivity (Wildman–Crippen MR) is 95.0 cm³/mol. The summed E-state index contributed by atoms with van der Waals surface area (Å²) >= 11 is 6.02. The lowest BCUT2D eigenvalue weighted by Gasteiger charge is -2.19. The zero-order chi connectivity index (χ0) is 16.5. The molecule has 0 radical (unpaired) electrons. The number of hydrogen-bond donors (Lipinski definition) is 1. The molecule has 24 heavy (non-hydrogen) atoms. The van der Waals surface area contributed by atoms with E-state index in [2.05, 4.69) is 38.5 Å². The van der Waals surface area contributed by atoms with E-state index in [1.54, 1.807) is 6.07 Å². The van der Waals surface area contributed by atoms with E-state index in [1.165, 1.54) is 0 Å². The molecule has 6 heteroatoms. The summed E-state index contributed by atoms with van der Waals surface area (Å²) < 4.78 is 0. The highest BCUT2D eigenvalue weighted by molar-refractivity contribution is 6.29. The van der Waals surface area contributed by atoms with Gasteiger partial charge >= 0.3 is 0 Å². The van der Waals surface area contributed by atoms with Gasteiger partial charge in [-0.25, -0.2) is 10.4 Å². The van der Waals surface area contributed by atoms with Crippen molar-refractivity contribution in [2.24, 2.45) is 0 Å². The average Bonchev–Trinajstić information content (AvgIpc) is 3.06. The van der Waals surface area contributed by atoms with E-state index in [1.807, 2.05) is 42.9 Å². The van der Waals surface area contributed by atoms with Gasteiger partial charge in [-0.15, -0.1) is 0 Å². The van der Waals surface area contributed by atoms with Crippen molar-refractivity contribution >= 4 is 28.2 Å². The van der Waals surface area contributed by atoms with Crippen molar-refractivity contribution in [2.75, 3.05) is 6.54 Å². The van der Waals surface area contributed by atoms with Crippen LogP contribution in [0.2, 0.25) is 5.15 Å². The van der Waals surface area contributed by atoms with E-state index < -0.39 is 0 Å². The van der Waals surface area contributed by atoms with Crippen molar-refractivity contribution in [1.82, 2.24) is 25.4 Å². The summed E-state index contributed by atoms with van der Waals surface area (Å²) in [5, 5.41) is 2.55. The van der Waals surface area contributed by atoms with Gasteiger partial charge in [-0.3, -0.25) is 9.97 Å². The molecule has 1 unspecified atom stereocenters. The molecule has 4 rings (SSSR count). The summed E-state index contributed by atoms with van der Waals surface area (Å²) in [6.45, 7) is 2.98. The van der Waals surface area contributed by atoms with Crippen LogP contribution in [0, 0.1) is 0 Å². The maximum Gasteiger partial charge on any atom is 0.129 e. The smallest absolute Gasteiger partial charge is 0.129 e. The van der Waals surface area contributed by atoms with Crippen LogP contribution in [0.25, 0.3) is 16.6 Å². The number of halogens is 1. The summed E-state index contributed by atoms with van der Waals surface area (Å²) in [5.74, 6) is 0. The van der Waals surface area contributed by atoms with E-state index >= 15 is 0 Å². The summed E-state index contributed by atoms with van der Waals surface area (Å²) in [4.78, 5) is 13.0. The third-order valence-corrected chi connectivity index (χ3v) is 4.33. The lowest BCUT2D eigenvalue weighted by Crippen LogP contribution is -2.30. The summed E-state index contributed by atoms with van der Waals surface area (Å²) in [7, 11) is 0. The van der Waals surface area contributed by atoms with Gasteiger partial charge in [-0.05, 0) is 42.8 Å². The number of nitrogens with zero attached hydrogens (tertiary/aromatic N) is 4. The van der Waals surface area contributed by atoms with Crippen molar-refractivity contribution in [3.8, 4) is 0 Å². The Balaban J connectivity index is 1.80. The molecule has 1 aliphatic heterocycles. The van der Waals surface area contributed by atoms with Crippen molar-refractivity contribution in [2.45, 2.75) is 13.0 Å². The number of nitrogens with one attached hydrogen (secondary N) is 1. The van der Waals surface area contributed by atoms with Crippen LogP contribution in [0.5, 0.6) is 0 Å². The van der Waals surface area contributed by atoms with E-state index in [-0.39, 0.29) is 6.04 Å². The van der Waals surface area contributed by atoms with Crippen LogP contribution in [0.15, 0.2) is 55.1 Å². The highest BCUT2D eigenvalue weighted by atomic mass is 35.5. The minimum absolute atomic E-state index is 0.0615. The van der Waals surface area contributed by atoms with Crippen LogP contribution in [0.3, 0.4) is 0 Å². The van der Waals surface area contributed by atoms with Gasteiger partial charge in [-0.2, -0.15) is 0 Å². The standard InChI is InChI=1S/C18H16ClN5/c1-2-24-11-14(18(23-24)12-5-7-20-8-6-12)13-9-16-15(21-10-13)3-4-17(19)22-16/h3-11,18,23H,2H2,1H3. The quantitative estimate of drug-likeness (QED) is 0.740. The van der Waals surface area contributed by atoms with E-state index in [0.29, 0.717) is 5.15 Å². The zero-order valence-corrected chi connectivity index (χ0v) is 13.9. The molecule has 0 saturated carbocycles. The Morgan fingerprint density at radius 3 is 2.79 bits per heavy atom. The molecule has 1 N–H and O–H groups in total. The summed E-state index contributed by atoms with van der Waals surface area (Å²) in [5.41, 5.74) is 8.48. The molecule has 0 bridgehead atoms. The molecule has 0 saturated heterocycles. The minimum atomic E-state index is 0.0615. The molecule has 0 fully saturated rings. The Kier molecular flexibility index (Phi) is 3.88. The Bertz CT molecular complexity index is 910. The second-order valence-electron chi connectivity index (χ2n) is 5.61. The fourth-order valence-electron chi connectivity index (χ4n) is 2.89. The molecule has 4 heterocycles. The van der Waals surface area contributed by atoms with Crippen LogP contribution in [-0.2, 0) is 0 Å². The number of hydrazine groups is 1. The highest BCUT2D eigenvalue weighted by Gasteiger charge is 2.26. The minimum Gasteiger partial charge on any atom is -0.315 e. The fourth-order valence-corrected chi connectivity index (χ4v) is 3.04. The predicted octanol–water partition coefficient (Wildman–Crippen LogP) is 3.60. The Labute approximate surface area is 145 Å². The lowest BCUT2D eigenvalue weighted by molar-refractivity contribution is 0.290. The van der Waals surface area contributed by atoms with Crippen LogP contribution in [0.1, 0.15) is 24.1 Å². The average molecular weight is 338 g/mol. The number of fused-ring (bicyclic) bond motifs is 1. The molecular formula is C18H16ClN5. The third kappa shape index (κ3) is 2.72. The van der Waals surface area contributed by atoms with Crippen molar-refractivity contribution in [3.05, 3.63) is 71.4 Å². The molecule has 3 aromatic rings. The van der Waals surface area contributed by atoms with Gasteiger partial charge in [0, 0.05) is 42.5 Å². The normalized spacial score (nSPS) is 17.3. The first kappa shape index (κ1) is 15.1.